The number of nitrogens with one attached hydrogen (secondary N) is 2. The molecule has 0 spiro atoms. The highest BCUT2D eigenvalue weighted by Gasteiger charge is 2.43. The summed E-state index contributed by atoms with van der Waals surface area (Å²) in [4.78, 5) is 59.4. The van der Waals surface area contributed by atoms with Crippen molar-refractivity contribution in [3.05, 3.63) is 0 Å². The molecule has 1 heterocycles. The highest BCUT2D eigenvalue weighted by atomic mass is 16.5. The van der Waals surface area contributed by atoms with Crippen LogP contribution in [0.25, 0.3) is 0 Å². The normalized spacial score (nSPS) is 18.8. The van der Waals surface area contributed by atoms with Crippen LogP contribution in [-0.4, -0.2) is 63.1 Å². The van der Waals surface area contributed by atoms with E-state index in [4.69, 9.17) is 0 Å². The van der Waals surface area contributed by atoms with Crippen LogP contribution in [-0.2, 0) is 38.2 Å². The third-order valence-corrected chi connectivity index (χ3v) is 4.03. The molecule has 1 aliphatic rings. The molecule has 10 nitrogen and oxygen atoms in total. The molecule has 140 valence electrons. The minimum Gasteiger partial charge on any atom is -0.468 e. The van der Waals surface area contributed by atoms with Gasteiger partial charge in [-0.05, 0) is 6.42 Å². The van der Waals surface area contributed by atoms with Crippen LogP contribution in [0.1, 0.15) is 19.8 Å². The van der Waals surface area contributed by atoms with Crippen molar-refractivity contribution in [2.45, 2.75) is 31.8 Å². The number of rotatable bonds is 7. The van der Waals surface area contributed by atoms with E-state index < -0.39 is 47.7 Å². The van der Waals surface area contributed by atoms with E-state index in [0.29, 0.717) is 0 Å². The Kier molecular flexibility index (Phi) is 7.34. The molecule has 2 N–H and O–H groups in total. The van der Waals surface area contributed by atoms with Crippen molar-refractivity contribution >= 4 is 29.7 Å². The van der Waals surface area contributed by atoms with E-state index in [1.54, 1.807) is 0 Å². The predicted molar refractivity (Wildman–Crippen MR) is 81.8 cm³/mol. The summed E-state index contributed by atoms with van der Waals surface area (Å²) in [5.74, 6) is -5.98. The quantitative estimate of drug-likeness (QED) is 0.319. The van der Waals surface area contributed by atoms with E-state index in [2.05, 4.69) is 24.8 Å². The summed E-state index contributed by atoms with van der Waals surface area (Å²) in [7, 11) is 3.28. The van der Waals surface area contributed by atoms with Crippen LogP contribution in [0, 0.1) is 11.8 Å². The second-order valence-electron chi connectivity index (χ2n) is 5.55. The molecular weight excluding hydrogens is 336 g/mol. The lowest BCUT2D eigenvalue weighted by Gasteiger charge is -2.27. The van der Waals surface area contributed by atoms with E-state index >= 15 is 0 Å². The van der Waals surface area contributed by atoms with Crippen LogP contribution in [0.4, 0.5) is 0 Å². The van der Waals surface area contributed by atoms with Gasteiger partial charge in [-0.15, -0.1) is 0 Å². The Hall–Kier alpha value is -2.65. The van der Waals surface area contributed by atoms with Gasteiger partial charge in [-0.1, -0.05) is 6.92 Å². The van der Waals surface area contributed by atoms with Gasteiger partial charge in [0.15, 0.2) is 5.92 Å². The fraction of sp³-hybridized carbons (Fsp3) is 0.667. The highest BCUT2D eigenvalue weighted by Crippen LogP contribution is 2.21. The van der Waals surface area contributed by atoms with E-state index in [9.17, 15) is 24.0 Å². The maximum atomic E-state index is 12.3. The third kappa shape index (κ3) is 4.91. The van der Waals surface area contributed by atoms with Crippen molar-refractivity contribution in [2.75, 3.05) is 21.3 Å². The monoisotopic (exact) mass is 358 g/mol. The lowest BCUT2D eigenvalue weighted by Crippen LogP contribution is -2.54. The average Bonchev–Trinajstić information content (AvgIpc) is 3.04. The summed E-state index contributed by atoms with van der Waals surface area (Å²) >= 11 is 0. The lowest BCUT2D eigenvalue weighted by atomic mass is 9.87. The molecule has 0 aliphatic carbocycles. The van der Waals surface area contributed by atoms with Gasteiger partial charge < -0.3 is 24.8 Å². The number of carbonyl (C=O) groups excluding carboxylic acids is 5. The van der Waals surface area contributed by atoms with Crippen LogP contribution < -0.4 is 10.6 Å². The summed E-state index contributed by atoms with van der Waals surface area (Å²) in [6.07, 6.45) is 0.480. The zero-order valence-corrected chi connectivity index (χ0v) is 14.5. The number of ether oxygens (including phenoxy) is 3. The van der Waals surface area contributed by atoms with Gasteiger partial charge >= 0.3 is 17.9 Å². The first-order valence-corrected chi connectivity index (χ1v) is 7.60. The van der Waals surface area contributed by atoms with Crippen LogP contribution >= 0.6 is 0 Å². The van der Waals surface area contributed by atoms with Crippen molar-refractivity contribution in [3.8, 4) is 0 Å². The molecule has 0 aromatic carbocycles. The Morgan fingerprint density at radius 3 is 1.96 bits per heavy atom. The Labute approximate surface area is 144 Å². The summed E-state index contributed by atoms with van der Waals surface area (Å²) in [5, 5.41) is 4.89. The van der Waals surface area contributed by atoms with Crippen LogP contribution in [0.15, 0.2) is 0 Å². The number of hydrogen-bond acceptors (Lipinski definition) is 8. The lowest BCUT2D eigenvalue weighted by molar-refractivity contribution is -0.163. The SMILES string of the molecule is COC(=O)C(C(=O)OC)[C@@H](C)[C@H](NC(=O)[C@@H]1CCC(=O)N1)C(=O)OC. The molecule has 3 atom stereocenters. The molecular formula is C15H22N2O8. The average molecular weight is 358 g/mol. The largest absolute Gasteiger partial charge is 0.468 e. The first-order valence-electron chi connectivity index (χ1n) is 7.60. The number of hydrogen-bond donors (Lipinski definition) is 2. The van der Waals surface area contributed by atoms with Crippen molar-refractivity contribution in [3.63, 3.8) is 0 Å². The fourth-order valence-corrected chi connectivity index (χ4v) is 2.57. The second kappa shape index (κ2) is 9.00. The van der Waals surface area contributed by atoms with Gasteiger partial charge in [0, 0.05) is 12.3 Å². The molecule has 1 saturated heterocycles. The molecule has 2 amide bonds. The molecule has 1 aliphatic heterocycles. The minimum absolute atomic E-state index is 0.198. The Morgan fingerprint density at radius 1 is 1.04 bits per heavy atom. The molecule has 0 aromatic rings. The van der Waals surface area contributed by atoms with Gasteiger partial charge in [-0.25, -0.2) is 4.79 Å². The molecule has 1 fully saturated rings. The van der Waals surface area contributed by atoms with E-state index in [-0.39, 0.29) is 18.7 Å². The van der Waals surface area contributed by atoms with Gasteiger partial charge in [0.25, 0.3) is 0 Å². The Morgan fingerprint density at radius 2 is 1.56 bits per heavy atom. The molecule has 0 bridgehead atoms. The van der Waals surface area contributed by atoms with Crippen LogP contribution in [0.5, 0.6) is 0 Å². The molecule has 0 saturated carbocycles. The number of amides is 2. The fourth-order valence-electron chi connectivity index (χ4n) is 2.57. The van der Waals surface area contributed by atoms with Gasteiger partial charge in [-0.3, -0.25) is 19.2 Å². The van der Waals surface area contributed by atoms with Crippen molar-refractivity contribution < 1.29 is 38.2 Å². The van der Waals surface area contributed by atoms with E-state index in [1.807, 2.05) is 0 Å². The summed E-state index contributed by atoms with van der Waals surface area (Å²) in [5.41, 5.74) is 0. The highest BCUT2D eigenvalue weighted by molar-refractivity contribution is 5.97. The molecule has 0 radical (unpaired) electrons. The number of esters is 3. The first kappa shape index (κ1) is 20.4. The zero-order chi connectivity index (χ0) is 19.1. The topological polar surface area (TPSA) is 137 Å². The predicted octanol–water partition coefficient (Wildman–Crippen LogP) is -1.48. The first-order chi connectivity index (χ1) is 11.8. The van der Waals surface area contributed by atoms with Gasteiger partial charge in [-0.2, -0.15) is 0 Å². The maximum Gasteiger partial charge on any atom is 0.328 e. The molecule has 10 heteroatoms. The smallest absolute Gasteiger partial charge is 0.328 e. The number of carbonyl (C=O) groups is 5. The zero-order valence-electron chi connectivity index (χ0n) is 14.5. The van der Waals surface area contributed by atoms with E-state index in [0.717, 1.165) is 21.3 Å². The van der Waals surface area contributed by atoms with Crippen molar-refractivity contribution in [1.29, 1.82) is 0 Å². The maximum absolute atomic E-state index is 12.3. The van der Waals surface area contributed by atoms with Crippen molar-refractivity contribution in [1.82, 2.24) is 10.6 Å². The molecule has 0 unspecified atom stereocenters. The van der Waals surface area contributed by atoms with Crippen LogP contribution in [0.3, 0.4) is 0 Å². The standard InChI is InChI=1S/C15H22N2O8/c1-7(10(13(20)23-2)14(21)24-3)11(15(22)25-4)17-12(19)8-5-6-9(18)16-8/h7-8,10-11H,5-6H2,1-4H3,(H,16,18)(H,17,19)/t7-,8+,11+/m1/s1. The molecule has 25 heavy (non-hydrogen) atoms. The number of methoxy groups -OCH3 is 3. The Balaban J connectivity index is 3.00. The van der Waals surface area contributed by atoms with Crippen molar-refractivity contribution in [2.24, 2.45) is 11.8 Å². The molecule has 1 rings (SSSR count). The Bertz CT molecular complexity index is 546. The summed E-state index contributed by atoms with van der Waals surface area (Å²) in [6, 6.07) is -2.10. The van der Waals surface area contributed by atoms with E-state index in [1.165, 1.54) is 6.92 Å². The van der Waals surface area contributed by atoms with Gasteiger partial charge in [0.05, 0.1) is 21.3 Å². The summed E-state index contributed by atoms with van der Waals surface area (Å²) in [6.45, 7) is 1.41. The molecule has 0 aromatic heterocycles. The third-order valence-electron chi connectivity index (χ3n) is 4.03. The van der Waals surface area contributed by atoms with Gasteiger partial charge in [0.1, 0.15) is 12.1 Å². The van der Waals surface area contributed by atoms with Gasteiger partial charge in [0.2, 0.25) is 11.8 Å². The summed E-state index contributed by atoms with van der Waals surface area (Å²) < 4.78 is 13.8. The second-order valence-corrected chi connectivity index (χ2v) is 5.55. The van der Waals surface area contributed by atoms with Crippen LogP contribution in [0.2, 0.25) is 0 Å². The minimum atomic E-state index is -1.43.